The number of likely N-dealkylation sites (tertiary alicyclic amines) is 1. The molecule has 2 nitrogen and oxygen atoms in total. The average Bonchev–Trinajstić information content (AvgIpc) is 3.06. The van der Waals surface area contributed by atoms with Crippen LogP contribution in [0, 0.1) is 0 Å². The van der Waals surface area contributed by atoms with Crippen molar-refractivity contribution >= 4 is 11.3 Å². The zero-order valence-corrected chi connectivity index (χ0v) is 13.2. The lowest BCUT2D eigenvalue weighted by Crippen LogP contribution is -2.38. The lowest BCUT2D eigenvalue weighted by atomic mass is 10.1. The summed E-state index contributed by atoms with van der Waals surface area (Å²) in [6, 6.07) is 14.9. The minimum Gasteiger partial charge on any atom is -0.373 e. The van der Waals surface area contributed by atoms with Crippen LogP contribution in [-0.2, 0) is 17.8 Å². The van der Waals surface area contributed by atoms with Crippen LogP contribution >= 0.6 is 11.3 Å². The van der Waals surface area contributed by atoms with Crippen molar-refractivity contribution in [3.63, 3.8) is 0 Å². The molecule has 0 saturated carbocycles. The number of piperidine rings is 1. The van der Waals surface area contributed by atoms with Crippen molar-refractivity contribution in [2.24, 2.45) is 0 Å². The van der Waals surface area contributed by atoms with E-state index in [1.54, 1.807) is 0 Å². The predicted octanol–water partition coefficient (Wildman–Crippen LogP) is 3.97. The maximum Gasteiger partial charge on any atom is 0.0720 e. The molecule has 3 heteroatoms. The van der Waals surface area contributed by atoms with Crippen LogP contribution in [0.15, 0.2) is 47.8 Å². The summed E-state index contributed by atoms with van der Waals surface area (Å²) in [4.78, 5) is 4.07. The Balaban J connectivity index is 1.35. The smallest absolute Gasteiger partial charge is 0.0720 e. The molecule has 0 radical (unpaired) electrons. The summed E-state index contributed by atoms with van der Waals surface area (Å²) in [6.07, 6.45) is 3.95. The van der Waals surface area contributed by atoms with E-state index in [9.17, 15) is 0 Å². The van der Waals surface area contributed by atoms with E-state index >= 15 is 0 Å². The molecule has 2 aromatic rings. The Labute approximate surface area is 131 Å². The highest BCUT2D eigenvalue weighted by Gasteiger charge is 2.19. The van der Waals surface area contributed by atoms with Crippen molar-refractivity contribution in [2.45, 2.75) is 32.0 Å². The molecule has 0 bridgehead atoms. The predicted molar refractivity (Wildman–Crippen MR) is 88.7 cm³/mol. The minimum atomic E-state index is 0.434. The fraction of sp³-hybridized carbons (Fsp3) is 0.444. The Kier molecular flexibility index (Phi) is 5.44. The van der Waals surface area contributed by atoms with Crippen LogP contribution in [0.25, 0.3) is 0 Å². The fourth-order valence-corrected chi connectivity index (χ4v) is 3.51. The quantitative estimate of drug-likeness (QED) is 0.800. The van der Waals surface area contributed by atoms with Crippen molar-refractivity contribution in [2.75, 3.05) is 19.6 Å². The maximum atomic E-state index is 6.04. The molecule has 1 saturated heterocycles. The Bertz CT molecular complexity index is 503. The molecular formula is C18H23NOS. The van der Waals surface area contributed by atoms with Gasteiger partial charge in [0.05, 0.1) is 12.7 Å². The van der Waals surface area contributed by atoms with Crippen molar-refractivity contribution < 1.29 is 4.74 Å². The van der Waals surface area contributed by atoms with Gasteiger partial charge in [0, 0.05) is 24.5 Å². The second-order valence-electron chi connectivity index (χ2n) is 5.67. The van der Waals surface area contributed by atoms with E-state index in [1.165, 1.54) is 36.5 Å². The number of hydrogen-bond acceptors (Lipinski definition) is 3. The van der Waals surface area contributed by atoms with Crippen molar-refractivity contribution in [3.8, 4) is 0 Å². The molecule has 1 aromatic heterocycles. The first-order valence-corrected chi connectivity index (χ1v) is 8.68. The Morgan fingerprint density at radius 2 is 1.86 bits per heavy atom. The molecule has 1 fully saturated rings. The largest absolute Gasteiger partial charge is 0.373 e. The molecule has 2 heterocycles. The number of ether oxygens (including phenoxy) is 1. The molecule has 21 heavy (non-hydrogen) atoms. The van der Waals surface area contributed by atoms with E-state index in [0.29, 0.717) is 6.10 Å². The van der Waals surface area contributed by atoms with Gasteiger partial charge in [-0.1, -0.05) is 36.4 Å². The first-order chi connectivity index (χ1) is 10.4. The molecule has 0 N–H and O–H groups in total. The van der Waals surface area contributed by atoms with Gasteiger partial charge in [-0.15, -0.1) is 11.3 Å². The van der Waals surface area contributed by atoms with Gasteiger partial charge in [0.2, 0.25) is 0 Å². The Morgan fingerprint density at radius 3 is 2.57 bits per heavy atom. The normalized spacial score (nSPS) is 17.1. The van der Waals surface area contributed by atoms with Gasteiger partial charge in [0.25, 0.3) is 0 Å². The minimum absolute atomic E-state index is 0.434. The van der Waals surface area contributed by atoms with E-state index in [-0.39, 0.29) is 0 Å². The zero-order chi connectivity index (χ0) is 14.3. The topological polar surface area (TPSA) is 12.5 Å². The molecule has 112 valence electrons. The van der Waals surface area contributed by atoms with Gasteiger partial charge in [-0.05, 0) is 36.3 Å². The molecule has 1 aliphatic rings. The van der Waals surface area contributed by atoms with Crippen LogP contribution in [0.5, 0.6) is 0 Å². The van der Waals surface area contributed by atoms with Crippen LogP contribution in [0.2, 0.25) is 0 Å². The number of hydrogen-bond donors (Lipinski definition) is 0. The first-order valence-electron chi connectivity index (χ1n) is 7.80. The summed E-state index contributed by atoms with van der Waals surface area (Å²) in [5, 5.41) is 2.17. The number of nitrogens with zero attached hydrogens (tertiary/aromatic N) is 1. The van der Waals surface area contributed by atoms with Crippen molar-refractivity contribution in [3.05, 3.63) is 58.3 Å². The Morgan fingerprint density at radius 1 is 1.05 bits per heavy atom. The summed E-state index contributed by atoms with van der Waals surface area (Å²) in [6.45, 7) is 4.28. The lowest BCUT2D eigenvalue weighted by molar-refractivity contribution is -0.00215. The van der Waals surface area contributed by atoms with E-state index in [0.717, 1.165) is 19.4 Å². The highest BCUT2D eigenvalue weighted by molar-refractivity contribution is 7.09. The fourth-order valence-electron chi connectivity index (χ4n) is 2.81. The van der Waals surface area contributed by atoms with E-state index in [2.05, 4.69) is 52.7 Å². The molecule has 0 unspecified atom stereocenters. The van der Waals surface area contributed by atoms with Crippen LogP contribution in [-0.4, -0.2) is 30.6 Å². The molecule has 1 aliphatic heterocycles. The van der Waals surface area contributed by atoms with Crippen LogP contribution in [0.3, 0.4) is 0 Å². The van der Waals surface area contributed by atoms with Gasteiger partial charge in [-0.3, -0.25) is 0 Å². The highest BCUT2D eigenvalue weighted by Crippen LogP contribution is 2.17. The van der Waals surface area contributed by atoms with E-state index < -0.39 is 0 Å². The monoisotopic (exact) mass is 301 g/mol. The van der Waals surface area contributed by atoms with Gasteiger partial charge >= 0.3 is 0 Å². The van der Waals surface area contributed by atoms with Crippen molar-refractivity contribution in [1.82, 2.24) is 4.90 Å². The third kappa shape index (κ3) is 4.67. The van der Waals surface area contributed by atoms with Gasteiger partial charge in [0.1, 0.15) is 0 Å². The number of rotatable bonds is 6. The highest BCUT2D eigenvalue weighted by atomic mass is 32.1. The van der Waals surface area contributed by atoms with E-state index in [4.69, 9.17) is 4.74 Å². The van der Waals surface area contributed by atoms with Gasteiger partial charge in [0.15, 0.2) is 0 Å². The second kappa shape index (κ2) is 7.74. The summed E-state index contributed by atoms with van der Waals surface area (Å²) >= 11 is 1.87. The molecular weight excluding hydrogens is 278 g/mol. The molecule has 3 rings (SSSR count). The van der Waals surface area contributed by atoms with Crippen LogP contribution < -0.4 is 0 Å². The number of thiophene rings is 1. The maximum absolute atomic E-state index is 6.04. The summed E-state index contributed by atoms with van der Waals surface area (Å²) in [5.74, 6) is 0. The molecule has 0 aliphatic carbocycles. The molecule has 1 aromatic carbocycles. The average molecular weight is 301 g/mol. The SMILES string of the molecule is c1ccc(COC2CCN(CCc3cccs3)CC2)cc1. The zero-order valence-electron chi connectivity index (χ0n) is 12.4. The van der Waals surface area contributed by atoms with Crippen LogP contribution in [0.1, 0.15) is 23.3 Å². The van der Waals surface area contributed by atoms with Crippen molar-refractivity contribution in [1.29, 1.82) is 0 Å². The summed E-state index contributed by atoms with van der Waals surface area (Å²) in [5.41, 5.74) is 1.28. The Hall–Kier alpha value is -1.16. The summed E-state index contributed by atoms with van der Waals surface area (Å²) < 4.78 is 6.04. The van der Waals surface area contributed by atoms with Gasteiger partial charge in [-0.2, -0.15) is 0 Å². The molecule has 0 atom stereocenters. The van der Waals surface area contributed by atoms with Gasteiger partial charge in [-0.25, -0.2) is 0 Å². The standard InChI is InChI=1S/C18H23NOS/c1-2-5-16(6-3-1)15-20-17-8-11-19(12-9-17)13-10-18-7-4-14-21-18/h1-7,14,17H,8-13,15H2. The number of benzene rings is 1. The first kappa shape index (κ1) is 14.8. The third-order valence-corrected chi connectivity index (χ3v) is 5.05. The lowest BCUT2D eigenvalue weighted by Gasteiger charge is -2.31. The molecule has 0 amide bonds. The van der Waals surface area contributed by atoms with Gasteiger partial charge < -0.3 is 9.64 Å². The second-order valence-corrected chi connectivity index (χ2v) is 6.70. The van der Waals surface area contributed by atoms with E-state index in [1.807, 2.05) is 11.3 Å². The van der Waals surface area contributed by atoms with Crippen LogP contribution in [0.4, 0.5) is 0 Å². The summed E-state index contributed by atoms with van der Waals surface area (Å²) in [7, 11) is 0. The third-order valence-electron chi connectivity index (χ3n) is 4.12. The molecule has 0 spiro atoms.